The zero-order valence-corrected chi connectivity index (χ0v) is 15.3. The van der Waals surface area contributed by atoms with Crippen molar-refractivity contribution in [3.05, 3.63) is 23.8 Å². The molecule has 0 N–H and O–H groups in total. The van der Waals surface area contributed by atoms with Crippen LogP contribution in [0.3, 0.4) is 0 Å². The lowest BCUT2D eigenvalue weighted by molar-refractivity contribution is 0.0682. The smallest absolute Gasteiger partial charge is 0.161 e. The highest BCUT2D eigenvalue weighted by Gasteiger charge is 2.30. The van der Waals surface area contributed by atoms with E-state index >= 15 is 0 Å². The van der Waals surface area contributed by atoms with E-state index in [0.717, 1.165) is 43.2 Å². The molecule has 5 nitrogen and oxygen atoms in total. The zero-order chi connectivity index (χ0) is 17.5. The normalized spacial score (nSPS) is 20.4. The van der Waals surface area contributed by atoms with E-state index in [0.29, 0.717) is 19.3 Å². The summed E-state index contributed by atoms with van der Waals surface area (Å²) in [5, 5.41) is 9.79. The van der Waals surface area contributed by atoms with Gasteiger partial charge in [0.2, 0.25) is 0 Å². The first-order chi connectivity index (χ1) is 11.6. The van der Waals surface area contributed by atoms with Crippen LogP contribution in [0, 0.1) is 11.3 Å². The van der Waals surface area contributed by atoms with E-state index in [1.807, 2.05) is 32.0 Å². The first-order valence-corrected chi connectivity index (χ1v) is 8.91. The lowest BCUT2D eigenvalue weighted by Gasteiger charge is -2.41. The van der Waals surface area contributed by atoms with Gasteiger partial charge in [-0.1, -0.05) is 13.0 Å². The molecule has 1 heterocycles. The Morgan fingerprint density at radius 2 is 1.88 bits per heavy atom. The molecule has 2 rings (SSSR count). The van der Waals surface area contributed by atoms with Crippen LogP contribution in [0.25, 0.3) is 0 Å². The van der Waals surface area contributed by atoms with Crippen LogP contribution >= 0.6 is 0 Å². The molecule has 2 atom stereocenters. The number of piperazine rings is 1. The van der Waals surface area contributed by atoms with E-state index in [2.05, 4.69) is 29.7 Å². The monoisotopic (exact) mass is 331 g/mol. The van der Waals surface area contributed by atoms with Crippen LogP contribution < -0.4 is 9.47 Å². The third-order valence-electron chi connectivity index (χ3n) is 4.55. The second kappa shape index (κ2) is 8.91. The fourth-order valence-electron chi connectivity index (χ4n) is 3.30. The highest BCUT2D eigenvalue weighted by molar-refractivity contribution is 5.45. The Bertz CT molecular complexity index is 570. The first-order valence-electron chi connectivity index (χ1n) is 8.91. The quantitative estimate of drug-likeness (QED) is 0.768. The number of benzene rings is 1. The minimum atomic E-state index is -0.256. The molecule has 5 heteroatoms. The van der Waals surface area contributed by atoms with Crippen LogP contribution in [0.15, 0.2) is 18.2 Å². The number of ether oxygens (including phenoxy) is 2. The van der Waals surface area contributed by atoms with Crippen molar-refractivity contribution in [3.8, 4) is 17.6 Å². The molecule has 1 aliphatic heterocycles. The van der Waals surface area contributed by atoms with Gasteiger partial charge in [-0.05, 0) is 45.0 Å². The molecule has 1 aromatic carbocycles. The van der Waals surface area contributed by atoms with E-state index < -0.39 is 0 Å². The number of rotatable bonds is 7. The fourth-order valence-corrected chi connectivity index (χ4v) is 3.30. The lowest BCUT2D eigenvalue weighted by Crippen LogP contribution is -2.52. The van der Waals surface area contributed by atoms with Crippen molar-refractivity contribution in [2.24, 2.45) is 0 Å². The third-order valence-corrected chi connectivity index (χ3v) is 4.55. The van der Waals surface area contributed by atoms with E-state index in [4.69, 9.17) is 9.47 Å². The van der Waals surface area contributed by atoms with Gasteiger partial charge in [0.1, 0.15) is 6.04 Å². The Morgan fingerprint density at radius 1 is 1.17 bits per heavy atom. The van der Waals surface area contributed by atoms with Crippen molar-refractivity contribution in [2.45, 2.75) is 39.8 Å². The zero-order valence-electron chi connectivity index (χ0n) is 15.3. The van der Waals surface area contributed by atoms with Gasteiger partial charge in [0, 0.05) is 25.7 Å². The molecule has 0 amide bonds. The minimum absolute atomic E-state index is 0.256. The molecule has 0 aliphatic carbocycles. The van der Waals surface area contributed by atoms with E-state index in [1.54, 1.807) is 0 Å². The molecular formula is C19H29N3O2. The summed E-state index contributed by atoms with van der Waals surface area (Å²) >= 11 is 0. The molecule has 1 fully saturated rings. The SMILES string of the molecule is CCOc1ccc(C(C#N)N2CCN(CC)CC2C)cc1OCC. The number of hydrogen-bond acceptors (Lipinski definition) is 5. The Morgan fingerprint density at radius 3 is 2.46 bits per heavy atom. The summed E-state index contributed by atoms with van der Waals surface area (Å²) in [4.78, 5) is 4.72. The van der Waals surface area contributed by atoms with Gasteiger partial charge in [-0.2, -0.15) is 5.26 Å². The molecule has 1 aromatic rings. The van der Waals surface area contributed by atoms with Crippen molar-refractivity contribution in [1.82, 2.24) is 9.80 Å². The van der Waals surface area contributed by atoms with Gasteiger partial charge in [-0.25, -0.2) is 0 Å². The van der Waals surface area contributed by atoms with Gasteiger partial charge in [-0.3, -0.25) is 4.90 Å². The molecule has 0 radical (unpaired) electrons. The summed E-state index contributed by atoms with van der Waals surface area (Å²) in [7, 11) is 0. The summed E-state index contributed by atoms with van der Waals surface area (Å²) in [6.07, 6.45) is 0. The van der Waals surface area contributed by atoms with E-state index in [-0.39, 0.29) is 6.04 Å². The molecule has 0 aromatic heterocycles. The number of nitrogens with zero attached hydrogens (tertiary/aromatic N) is 3. The van der Waals surface area contributed by atoms with E-state index in [1.165, 1.54) is 0 Å². The molecule has 24 heavy (non-hydrogen) atoms. The minimum Gasteiger partial charge on any atom is -0.490 e. The Kier molecular flexibility index (Phi) is 6.89. The van der Waals surface area contributed by atoms with Crippen LogP contribution in [-0.2, 0) is 0 Å². The summed E-state index contributed by atoms with van der Waals surface area (Å²) in [5.41, 5.74) is 0.973. The second-order valence-corrected chi connectivity index (χ2v) is 6.08. The molecule has 0 spiro atoms. The lowest BCUT2D eigenvalue weighted by atomic mass is 10.0. The highest BCUT2D eigenvalue weighted by Crippen LogP contribution is 2.33. The highest BCUT2D eigenvalue weighted by atomic mass is 16.5. The van der Waals surface area contributed by atoms with E-state index in [9.17, 15) is 5.26 Å². The van der Waals surface area contributed by atoms with Crippen LogP contribution in [0.2, 0.25) is 0 Å². The molecule has 1 saturated heterocycles. The Hall–Kier alpha value is -1.77. The van der Waals surface area contributed by atoms with Crippen molar-refractivity contribution in [1.29, 1.82) is 5.26 Å². The first kappa shape index (κ1) is 18.6. The number of likely N-dealkylation sites (N-methyl/N-ethyl adjacent to an activating group) is 1. The standard InChI is InChI=1S/C19H29N3O2/c1-5-21-10-11-22(15(4)14-21)17(13-20)16-8-9-18(23-6-2)19(12-16)24-7-3/h8-9,12,15,17H,5-7,10-11,14H2,1-4H3. The van der Waals surface area contributed by atoms with Crippen molar-refractivity contribution >= 4 is 0 Å². The van der Waals surface area contributed by atoms with Gasteiger partial charge in [0.15, 0.2) is 11.5 Å². The molecule has 1 aliphatic rings. The molecule has 132 valence electrons. The van der Waals surface area contributed by atoms with Crippen molar-refractivity contribution in [2.75, 3.05) is 39.4 Å². The Labute approximate surface area is 145 Å². The molecule has 2 unspecified atom stereocenters. The topological polar surface area (TPSA) is 48.7 Å². The predicted molar refractivity (Wildman–Crippen MR) is 95.4 cm³/mol. The third kappa shape index (κ3) is 4.19. The maximum Gasteiger partial charge on any atom is 0.161 e. The van der Waals surface area contributed by atoms with Crippen LogP contribution in [0.1, 0.15) is 39.3 Å². The summed E-state index contributed by atoms with van der Waals surface area (Å²) in [6, 6.07) is 8.44. The predicted octanol–water partition coefficient (Wildman–Crippen LogP) is 3.07. The van der Waals surface area contributed by atoms with Crippen LogP contribution in [0.4, 0.5) is 0 Å². The van der Waals surface area contributed by atoms with Gasteiger partial charge < -0.3 is 14.4 Å². The second-order valence-electron chi connectivity index (χ2n) is 6.08. The van der Waals surface area contributed by atoms with Gasteiger partial charge in [0.25, 0.3) is 0 Å². The fraction of sp³-hybridized carbons (Fsp3) is 0.632. The van der Waals surface area contributed by atoms with Crippen molar-refractivity contribution in [3.63, 3.8) is 0 Å². The Balaban J connectivity index is 2.24. The summed E-state index contributed by atoms with van der Waals surface area (Å²) in [5.74, 6) is 1.46. The summed E-state index contributed by atoms with van der Waals surface area (Å²) in [6.45, 7) is 13.4. The van der Waals surface area contributed by atoms with Gasteiger partial charge in [-0.15, -0.1) is 0 Å². The average molecular weight is 331 g/mol. The molecule has 0 saturated carbocycles. The molecule has 0 bridgehead atoms. The molecular weight excluding hydrogens is 302 g/mol. The van der Waals surface area contributed by atoms with Crippen molar-refractivity contribution < 1.29 is 9.47 Å². The van der Waals surface area contributed by atoms with Gasteiger partial charge in [0.05, 0.1) is 19.3 Å². The largest absolute Gasteiger partial charge is 0.490 e. The van der Waals surface area contributed by atoms with Crippen LogP contribution in [-0.4, -0.2) is 55.2 Å². The number of nitriles is 1. The maximum atomic E-state index is 9.79. The van der Waals surface area contributed by atoms with Crippen LogP contribution in [0.5, 0.6) is 11.5 Å². The number of hydrogen-bond donors (Lipinski definition) is 0. The summed E-state index contributed by atoms with van der Waals surface area (Å²) < 4.78 is 11.3. The average Bonchev–Trinajstić information content (AvgIpc) is 2.59. The van der Waals surface area contributed by atoms with Gasteiger partial charge >= 0.3 is 0 Å². The maximum absolute atomic E-state index is 9.79.